The number of nitrogens with one attached hydrogen (secondary N) is 2. The van der Waals surface area contributed by atoms with Crippen LogP contribution in [0.5, 0.6) is 0 Å². The minimum absolute atomic E-state index is 0. The summed E-state index contributed by atoms with van der Waals surface area (Å²) in [6.45, 7) is 7.20. The lowest BCUT2D eigenvalue weighted by molar-refractivity contribution is 0.565. The topological polar surface area (TPSA) is 54.2 Å². The van der Waals surface area contributed by atoms with Gasteiger partial charge in [-0.2, -0.15) is 5.10 Å². The van der Waals surface area contributed by atoms with E-state index in [-0.39, 0.29) is 35.2 Å². The lowest BCUT2D eigenvalue weighted by Gasteiger charge is -2.16. The monoisotopic (exact) mass is 485 g/mol. The van der Waals surface area contributed by atoms with Gasteiger partial charge in [-0.1, -0.05) is 18.2 Å². The predicted molar refractivity (Wildman–Crippen MR) is 118 cm³/mol. The zero-order chi connectivity index (χ0) is 18.4. The Bertz CT molecular complexity index is 754. The Morgan fingerprint density at radius 1 is 1.30 bits per heavy atom. The van der Waals surface area contributed by atoms with Crippen LogP contribution in [0, 0.1) is 12.7 Å². The van der Waals surface area contributed by atoms with Crippen LogP contribution in [0.15, 0.2) is 41.7 Å². The summed E-state index contributed by atoms with van der Waals surface area (Å²) in [7, 11) is 0. The summed E-state index contributed by atoms with van der Waals surface area (Å²) in [5.41, 5.74) is 1.85. The van der Waals surface area contributed by atoms with Crippen molar-refractivity contribution < 1.29 is 4.39 Å². The van der Waals surface area contributed by atoms with E-state index in [0.29, 0.717) is 6.54 Å². The zero-order valence-corrected chi connectivity index (χ0v) is 18.4. The van der Waals surface area contributed by atoms with Crippen LogP contribution in [0.3, 0.4) is 0 Å². The van der Waals surface area contributed by atoms with Crippen molar-refractivity contribution in [1.29, 1.82) is 0 Å². The van der Waals surface area contributed by atoms with Gasteiger partial charge in [-0.3, -0.25) is 9.67 Å². The van der Waals surface area contributed by atoms with Gasteiger partial charge in [0.05, 0.1) is 12.7 Å². The van der Waals surface area contributed by atoms with Crippen LogP contribution in [-0.2, 0) is 12.0 Å². The highest BCUT2D eigenvalue weighted by Crippen LogP contribution is 2.49. The third-order valence-corrected chi connectivity index (χ3v) is 4.80. The van der Waals surface area contributed by atoms with E-state index in [1.807, 2.05) is 43.1 Å². The average Bonchev–Trinajstić information content (AvgIpc) is 3.31. The number of aryl methyl sites for hydroxylation is 2. The molecule has 1 aromatic carbocycles. The third kappa shape index (κ3) is 5.92. The molecule has 3 rings (SSSR count). The first-order valence-corrected chi connectivity index (χ1v) is 9.39. The molecular formula is C20H29FIN5. The van der Waals surface area contributed by atoms with Crippen LogP contribution in [0.25, 0.3) is 0 Å². The van der Waals surface area contributed by atoms with Gasteiger partial charge in [-0.05, 0) is 50.3 Å². The maximum Gasteiger partial charge on any atom is 0.191 e. The van der Waals surface area contributed by atoms with Crippen molar-refractivity contribution in [2.45, 2.75) is 45.1 Å². The minimum Gasteiger partial charge on any atom is -0.357 e. The lowest BCUT2D eigenvalue weighted by Crippen LogP contribution is -2.38. The number of aliphatic imine (C=N–C) groups is 1. The maximum atomic E-state index is 14.1. The van der Waals surface area contributed by atoms with Gasteiger partial charge in [0.25, 0.3) is 0 Å². The van der Waals surface area contributed by atoms with E-state index in [1.54, 1.807) is 12.1 Å². The Morgan fingerprint density at radius 2 is 2.07 bits per heavy atom. The molecule has 27 heavy (non-hydrogen) atoms. The van der Waals surface area contributed by atoms with Crippen molar-refractivity contribution in [2.24, 2.45) is 4.99 Å². The second-order valence-electron chi connectivity index (χ2n) is 7.02. The van der Waals surface area contributed by atoms with Gasteiger partial charge >= 0.3 is 0 Å². The van der Waals surface area contributed by atoms with Crippen molar-refractivity contribution in [2.75, 3.05) is 19.6 Å². The van der Waals surface area contributed by atoms with E-state index in [2.05, 4.69) is 15.7 Å². The summed E-state index contributed by atoms with van der Waals surface area (Å²) in [4.78, 5) is 4.72. The van der Waals surface area contributed by atoms with Gasteiger partial charge in [0.1, 0.15) is 5.82 Å². The summed E-state index contributed by atoms with van der Waals surface area (Å²) in [5, 5.41) is 10.9. The van der Waals surface area contributed by atoms with Crippen molar-refractivity contribution in [3.8, 4) is 0 Å². The number of aromatic nitrogens is 2. The number of benzene rings is 1. The predicted octanol–water partition coefficient (Wildman–Crippen LogP) is 3.63. The smallest absolute Gasteiger partial charge is 0.191 e. The summed E-state index contributed by atoms with van der Waals surface area (Å²) in [6, 6.07) is 7.08. The van der Waals surface area contributed by atoms with E-state index < -0.39 is 0 Å². The number of nitrogens with zero attached hydrogens (tertiary/aromatic N) is 3. The highest BCUT2D eigenvalue weighted by atomic mass is 127. The molecule has 0 unspecified atom stereocenters. The van der Waals surface area contributed by atoms with Crippen molar-refractivity contribution in [1.82, 2.24) is 20.4 Å². The van der Waals surface area contributed by atoms with E-state index >= 15 is 0 Å². The van der Waals surface area contributed by atoms with Crippen LogP contribution >= 0.6 is 24.0 Å². The first-order chi connectivity index (χ1) is 12.6. The van der Waals surface area contributed by atoms with Crippen molar-refractivity contribution in [3.63, 3.8) is 0 Å². The number of hydrogen-bond acceptors (Lipinski definition) is 2. The first kappa shape index (κ1) is 21.7. The highest BCUT2D eigenvalue weighted by Gasteiger charge is 2.45. The van der Waals surface area contributed by atoms with Crippen LogP contribution in [0.1, 0.15) is 37.3 Å². The molecule has 5 nitrogen and oxygen atoms in total. The average molecular weight is 485 g/mol. The molecule has 1 heterocycles. The second-order valence-corrected chi connectivity index (χ2v) is 7.02. The fourth-order valence-electron chi connectivity index (χ4n) is 3.16. The van der Waals surface area contributed by atoms with Gasteiger partial charge in [-0.25, -0.2) is 4.39 Å². The van der Waals surface area contributed by atoms with Gasteiger partial charge in [0.15, 0.2) is 5.96 Å². The molecule has 0 amide bonds. The largest absolute Gasteiger partial charge is 0.357 e. The SMILES string of the molecule is CCNC(=NCC1(c2ccccc2F)CC1)NCCCn1cc(C)cn1.I. The fraction of sp³-hybridized carbons (Fsp3) is 0.500. The number of hydrogen-bond donors (Lipinski definition) is 2. The standard InChI is InChI=1S/C20H28FN5.HI/c1-3-22-19(23-11-6-12-26-14-16(2)13-25-26)24-15-20(9-10-20)17-7-4-5-8-18(17)21;/h4-5,7-8,13-14H,3,6,9-12,15H2,1-2H3,(H2,22,23,24);1H. The molecule has 7 heteroatoms. The third-order valence-electron chi connectivity index (χ3n) is 4.80. The molecule has 2 N–H and O–H groups in total. The quantitative estimate of drug-likeness (QED) is 0.260. The molecule has 1 aromatic heterocycles. The van der Waals surface area contributed by atoms with Gasteiger partial charge in [0, 0.05) is 31.2 Å². The van der Waals surface area contributed by atoms with E-state index in [4.69, 9.17) is 4.99 Å². The molecule has 148 valence electrons. The molecule has 1 saturated carbocycles. The van der Waals surface area contributed by atoms with Gasteiger partial charge in [0.2, 0.25) is 0 Å². The Morgan fingerprint density at radius 3 is 2.70 bits per heavy atom. The van der Waals surface area contributed by atoms with Crippen LogP contribution in [0.2, 0.25) is 0 Å². The Hall–Kier alpha value is -1.64. The first-order valence-electron chi connectivity index (χ1n) is 9.39. The second kappa shape index (κ2) is 10.1. The molecule has 2 aromatic rings. The Labute approximate surface area is 177 Å². The molecule has 0 radical (unpaired) electrons. The summed E-state index contributed by atoms with van der Waals surface area (Å²) in [6.07, 6.45) is 6.87. The minimum atomic E-state index is -0.125. The number of rotatable bonds is 8. The van der Waals surface area contributed by atoms with Crippen LogP contribution < -0.4 is 10.6 Å². The van der Waals surface area contributed by atoms with Crippen LogP contribution in [-0.4, -0.2) is 35.4 Å². The van der Waals surface area contributed by atoms with Crippen molar-refractivity contribution >= 4 is 29.9 Å². The lowest BCUT2D eigenvalue weighted by atomic mass is 9.95. The summed E-state index contributed by atoms with van der Waals surface area (Å²) in [5.74, 6) is 0.680. The number of halogens is 2. The van der Waals surface area contributed by atoms with E-state index in [1.165, 1.54) is 5.56 Å². The fourth-order valence-corrected chi connectivity index (χ4v) is 3.16. The van der Waals surface area contributed by atoms with E-state index in [9.17, 15) is 4.39 Å². The summed E-state index contributed by atoms with van der Waals surface area (Å²) >= 11 is 0. The highest BCUT2D eigenvalue weighted by molar-refractivity contribution is 14.0. The Kier molecular flexibility index (Phi) is 8.07. The molecular weight excluding hydrogens is 456 g/mol. The maximum absolute atomic E-state index is 14.1. The number of guanidine groups is 1. The van der Waals surface area contributed by atoms with Crippen LogP contribution in [0.4, 0.5) is 4.39 Å². The molecule has 0 spiro atoms. The zero-order valence-electron chi connectivity index (χ0n) is 16.0. The van der Waals surface area contributed by atoms with Gasteiger partial charge in [-0.15, -0.1) is 24.0 Å². The molecule has 1 aliphatic rings. The molecule has 0 atom stereocenters. The van der Waals surface area contributed by atoms with Crippen molar-refractivity contribution in [3.05, 3.63) is 53.6 Å². The molecule has 0 bridgehead atoms. The normalized spacial score (nSPS) is 15.1. The van der Waals surface area contributed by atoms with E-state index in [0.717, 1.165) is 50.4 Å². The molecule has 1 aliphatic carbocycles. The molecule has 1 fully saturated rings. The Balaban J connectivity index is 0.00000261. The van der Waals surface area contributed by atoms with Gasteiger partial charge < -0.3 is 10.6 Å². The molecule has 0 saturated heterocycles. The molecule has 0 aliphatic heterocycles. The summed E-state index contributed by atoms with van der Waals surface area (Å²) < 4.78 is 16.1.